The van der Waals surface area contributed by atoms with Gasteiger partial charge in [-0.25, -0.2) is 0 Å². The average molecular weight is 251 g/mol. The van der Waals surface area contributed by atoms with Gasteiger partial charge in [-0.3, -0.25) is 0 Å². The first-order chi connectivity index (χ1) is 9.33. The Morgan fingerprint density at radius 3 is 2.42 bits per heavy atom. The Hall–Kier alpha value is -2.06. The predicted molar refractivity (Wildman–Crippen MR) is 78.6 cm³/mol. The van der Waals surface area contributed by atoms with Gasteiger partial charge in [-0.05, 0) is 30.2 Å². The standard InChI is InChI=1S/C17H17NO/c1-2-13-7-9-15(10-8-13)18-11-14(12-19)16-5-3-4-6-17(16)18/h3-11,19H,2,12H2,1H3. The maximum Gasteiger partial charge on any atom is 0.0702 e. The molecular formula is C17H17NO. The number of fused-ring (bicyclic) bond motifs is 1. The molecule has 0 aliphatic rings. The highest BCUT2D eigenvalue weighted by Gasteiger charge is 2.08. The minimum Gasteiger partial charge on any atom is -0.392 e. The molecule has 1 aromatic heterocycles. The van der Waals surface area contributed by atoms with Crippen LogP contribution in [0.3, 0.4) is 0 Å². The summed E-state index contributed by atoms with van der Waals surface area (Å²) in [6.45, 7) is 2.23. The summed E-state index contributed by atoms with van der Waals surface area (Å²) in [5, 5.41) is 10.6. The molecule has 2 heteroatoms. The molecule has 0 saturated carbocycles. The molecule has 96 valence electrons. The van der Waals surface area contributed by atoms with Gasteiger partial charge in [0, 0.05) is 22.8 Å². The Bertz CT molecular complexity index is 695. The Morgan fingerprint density at radius 1 is 1.00 bits per heavy atom. The quantitative estimate of drug-likeness (QED) is 0.754. The Morgan fingerprint density at radius 2 is 1.74 bits per heavy atom. The van der Waals surface area contributed by atoms with E-state index in [0.29, 0.717) is 0 Å². The van der Waals surface area contributed by atoms with Crippen LogP contribution in [-0.4, -0.2) is 9.67 Å². The molecule has 0 spiro atoms. The van der Waals surface area contributed by atoms with Gasteiger partial charge in [0.25, 0.3) is 0 Å². The van der Waals surface area contributed by atoms with Crippen molar-refractivity contribution in [2.24, 2.45) is 0 Å². The normalized spacial score (nSPS) is 11.1. The lowest BCUT2D eigenvalue weighted by Gasteiger charge is -2.06. The third-order valence-electron chi connectivity index (χ3n) is 3.59. The molecule has 0 aliphatic heterocycles. The fourth-order valence-corrected chi connectivity index (χ4v) is 2.48. The summed E-state index contributed by atoms with van der Waals surface area (Å²) in [6, 6.07) is 16.7. The first kappa shape index (κ1) is 12.0. The van der Waals surface area contributed by atoms with Gasteiger partial charge in [-0.2, -0.15) is 0 Å². The second kappa shape index (κ2) is 4.90. The smallest absolute Gasteiger partial charge is 0.0702 e. The summed E-state index contributed by atoms with van der Waals surface area (Å²) < 4.78 is 2.14. The van der Waals surface area contributed by atoms with Gasteiger partial charge in [0.05, 0.1) is 12.1 Å². The van der Waals surface area contributed by atoms with E-state index >= 15 is 0 Å². The van der Waals surface area contributed by atoms with Crippen LogP contribution in [0.2, 0.25) is 0 Å². The number of aryl methyl sites for hydroxylation is 1. The molecule has 0 bridgehead atoms. The number of rotatable bonds is 3. The Balaban J connectivity index is 2.18. The zero-order chi connectivity index (χ0) is 13.2. The van der Waals surface area contributed by atoms with Crippen molar-refractivity contribution >= 4 is 10.9 Å². The average Bonchev–Trinajstić information content (AvgIpc) is 2.86. The Labute approximate surface area is 112 Å². The molecule has 0 radical (unpaired) electrons. The topological polar surface area (TPSA) is 25.2 Å². The third-order valence-corrected chi connectivity index (χ3v) is 3.59. The highest BCUT2D eigenvalue weighted by atomic mass is 16.3. The highest BCUT2D eigenvalue weighted by molar-refractivity contribution is 5.85. The maximum absolute atomic E-state index is 9.46. The van der Waals surface area contributed by atoms with E-state index in [4.69, 9.17) is 0 Å². The van der Waals surface area contributed by atoms with Crippen molar-refractivity contribution in [3.8, 4) is 5.69 Å². The largest absolute Gasteiger partial charge is 0.392 e. The fourth-order valence-electron chi connectivity index (χ4n) is 2.48. The lowest BCUT2D eigenvalue weighted by Crippen LogP contribution is -1.92. The van der Waals surface area contributed by atoms with Crippen LogP contribution in [0, 0.1) is 0 Å². The van der Waals surface area contributed by atoms with Gasteiger partial charge in [0.2, 0.25) is 0 Å². The van der Waals surface area contributed by atoms with Crippen molar-refractivity contribution in [1.82, 2.24) is 4.57 Å². The fraction of sp³-hybridized carbons (Fsp3) is 0.176. The number of benzene rings is 2. The molecule has 1 N–H and O–H groups in total. The van der Waals surface area contributed by atoms with Crippen LogP contribution in [0.1, 0.15) is 18.1 Å². The van der Waals surface area contributed by atoms with Crippen LogP contribution >= 0.6 is 0 Å². The van der Waals surface area contributed by atoms with E-state index in [1.165, 1.54) is 5.56 Å². The monoisotopic (exact) mass is 251 g/mol. The van der Waals surface area contributed by atoms with Gasteiger partial charge in [-0.1, -0.05) is 37.3 Å². The summed E-state index contributed by atoms with van der Waals surface area (Å²) >= 11 is 0. The highest BCUT2D eigenvalue weighted by Crippen LogP contribution is 2.25. The number of aliphatic hydroxyl groups is 1. The number of nitrogens with zero attached hydrogens (tertiary/aromatic N) is 1. The first-order valence-electron chi connectivity index (χ1n) is 6.62. The Kier molecular flexibility index (Phi) is 3.10. The van der Waals surface area contributed by atoms with Gasteiger partial charge >= 0.3 is 0 Å². The number of aliphatic hydroxyl groups excluding tert-OH is 1. The van der Waals surface area contributed by atoms with Crippen molar-refractivity contribution in [2.45, 2.75) is 20.0 Å². The van der Waals surface area contributed by atoms with Gasteiger partial charge in [-0.15, -0.1) is 0 Å². The first-order valence-corrected chi connectivity index (χ1v) is 6.62. The zero-order valence-corrected chi connectivity index (χ0v) is 11.0. The van der Waals surface area contributed by atoms with Gasteiger partial charge < -0.3 is 9.67 Å². The minimum atomic E-state index is 0.0700. The van der Waals surface area contributed by atoms with E-state index < -0.39 is 0 Å². The summed E-state index contributed by atoms with van der Waals surface area (Å²) in [5.41, 5.74) is 4.57. The van der Waals surface area contributed by atoms with Gasteiger partial charge in [0.15, 0.2) is 0 Å². The molecule has 0 aliphatic carbocycles. The molecule has 0 fully saturated rings. The summed E-state index contributed by atoms with van der Waals surface area (Å²) in [6.07, 6.45) is 3.07. The second-order valence-corrected chi connectivity index (χ2v) is 4.72. The van der Waals surface area contributed by atoms with E-state index in [0.717, 1.165) is 28.6 Å². The molecule has 0 unspecified atom stereocenters. The van der Waals surface area contributed by atoms with E-state index in [2.05, 4.69) is 47.9 Å². The lowest BCUT2D eigenvalue weighted by atomic mass is 10.1. The molecular weight excluding hydrogens is 234 g/mol. The molecule has 0 amide bonds. The van der Waals surface area contributed by atoms with Crippen molar-refractivity contribution in [1.29, 1.82) is 0 Å². The van der Waals surface area contributed by atoms with E-state index in [1.807, 2.05) is 18.3 Å². The lowest BCUT2D eigenvalue weighted by molar-refractivity contribution is 0.283. The van der Waals surface area contributed by atoms with Crippen LogP contribution in [0.25, 0.3) is 16.6 Å². The summed E-state index contributed by atoms with van der Waals surface area (Å²) in [4.78, 5) is 0. The van der Waals surface area contributed by atoms with Crippen molar-refractivity contribution in [3.05, 3.63) is 65.9 Å². The number of hydrogen-bond donors (Lipinski definition) is 1. The van der Waals surface area contributed by atoms with Crippen LogP contribution in [0.4, 0.5) is 0 Å². The zero-order valence-electron chi connectivity index (χ0n) is 11.0. The molecule has 1 heterocycles. The van der Waals surface area contributed by atoms with Crippen molar-refractivity contribution in [3.63, 3.8) is 0 Å². The van der Waals surface area contributed by atoms with Crippen LogP contribution in [0.5, 0.6) is 0 Å². The van der Waals surface area contributed by atoms with Crippen LogP contribution < -0.4 is 0 Å². The molecule has 2 aromatic carbocycles. The molecule has 0 saturated heterocycles. The summed E-state index contributed by atoms with van der Waals surface area (Å²) in [7, 11) is 0. The van der Waals surface area contributed by atoms with Crippen LogP contribution in [-0.2, 0) is 13.0 Å². The third kappa shape index (κ3) is 2.04. The molecule has 3 aromatic rings. The molecule has 2 nitrogen and oxygen atoms in total. The number of para-hydroxylation sites is 1. The molecule has 0 atom stereocenters. The molecule has 19 heavy (non-hydrogen) atoms. The summed E-state index contributed by atoms with van der Waals surface area (Å²) in [5.74, 6) is 0. The van der Waals surface area contributed by atoms with Gasteiger partial charge in [0.1, 0.15) is 0 Å². The number of hydrogen-bond acceptors (Lipinski definition) is 1. The van der Waals surface area contributed by atoms with Crippen molar-refractivity contribution in [2.75, 3.05) is 0 Å². The number of aromatic nitrogens is 1. The minimum absolute atomic E-state index is 0.0700. The van der Waals surface area contributed by atoms with E-state index in [9.17, 15) is 5.11 Å². The van der Waals surface area contributed by atoms with Crippen LogP contribution in [0.15, 0.2) is 54.7 Å². The maximum atomic E-state index is 9.46. The van der Waals surface area contributed by atoms with Crippen molar-refractivity contribution < 1.29 is 5.11 Å². The predicted octanol–water partition coefficient (Wildman–Crippen LogP) is 3.69. The van der Waals surface area contributed by atoms with E-state index in [1.54, 1.807) is 0 Å². The molecule has 3 rings (SSSR count). The van der Waals surface area contributed by atoms with E-state index in [-0.39, 0.29) is 6.61 Å². The second-order valence-electron chi connectivity index (χ2n) is 4.72. The SMILES string of the molecule is CCc1ccc(-n2cc(CO)c3ccccc32)cc1.